The van der Waals surface area contributed by atoms with E-state index < -0.39 is 0 Å². The lowest BCUT2D eigenvalue weighted by Crippen LogP contribution is -2.51. The molecule has 9 heteroatoms. The van der Waals surface area contributed by atoms with Crippen molar-refractivity contribution in [1.29, 1.82) is 0 Å². The van der Waals surface area contributed by atoms with Gasteiger partial charge in [0.05, 0.1) is 13.2 Å². The Hall–Kier alpha value is -2.94. The van der Waals surface area contributed by atoms with E-state index in [9.17, 15) is 0 Å². The number of hydrogen-bond acceptors (Lipinski definition) is 8. The molecule has 2 saturated heterocycles. The molecule has 3 aromatic heterocycles. The van der Waals surface area contributed by atoms with Crippen LogP contribution in [0.25, 0.3) is 11.2 Å². The lowest BCUT2D eigenvalue weighted by molar-refractivity contribution is 0.0796. The van der Waals surface area contributed by atoms with E-state index in [0.717, 1.165) is 68.1 Å². The van der Waals surface area contributed by atoms with Crippen LogP contribution < -0.4 is 15.1 Å². The van der Waals surface area contributed by atoms with Crippen molar-refractivity contribution in [3.8, 4) is 0 Å². The number of morpholine rings is 1. The third-order valence-corrected chi connectivity index (χ3v) is 7.31. The quantitative estimate of drug-likeness (QED) is 0.647. The second kappa shape index (κ2) is 7.88. The summed E-state index contributed by atoms with van der Waals surface area (Å²) in [6, 6.07) is 4.73. The minimum absolute atomic E-state index is 0.462. The van der Waals surface area contributed by atoms with Gasteiger partial charge in [-0.15, -0.1) is 0 Å². The van der Waals surface area contributed by atoms with E-state index in [1.807, 2.05) is 6.20 Å². The van der Waals surface area contributed by atoms with Gasteiger partial charge in [-0.25, -0.2) is 19.9 Å². The Labute approximate surface area is 187 Å². The first-order valence-electron chi connectivity index (χ1n) is 11.7. The molecule has 5 heterocycles. The molecular formula is C23H30N8O. The molecule has 1 aliphatic carbocycles. The zero-order valence-electron chi connectivity index (χ0n) is 18.5. The van der Waals surface area contributed by atoms with Crippen LogP contribution in [0.1, 0.15) is 31.2 Å². The Kier molecular flexibility index (Phi) is 4.86. The molecular weight excluding hydrogens is 404 g/mol. The molecule has 9 nitrogen and oxygen atoms in total. The molecule has 0 amide bonds. The molecule has 2 aliphatic heterocycles. The summed E-state index contributed by atoms with van der Waals surface area (Å²) in [7, 11) is 0. The Morgan fingerprint density at radius 1 is 1.03 bits per heavy atom. The Morgan fingerprint density at radius 2 is 1.84 bits per heavy atom. The van der Waals surface area contributed by atoms with Crippen LogP contribution in [0, 0.1) is 12.3 Å². The van der Waals surface area contributed by atoms with Crippen LogP contribution in [0.15, 0.2) is 24.7 Å². The Balaban J connectivity index is 1.09. The van der Waals surface area contributed by atoms with E-state index in [1.54, 1.807) is 6.33 Å². The third-order valence-electron chi connectivity index (χ3n) is 7.31. The van der Waals surface area contributed by atoms with Gasteiger partial charge in [0, 0.05) is 38.4 Å². The van der Waals surface area contributed by atoms with E-state index in [4.69, 9.17) is 9.72 Å². The summed E-state index contributed by atoms with van der Waals surface area (Å²) in [5.41, 5.74) is 3.34. The summed E-state index contributed by atoms with van der Waals surface area (Å²) in [5, 5.41) is 3.60. The Morgan fingerprint density at radius 3 is 2.59 bits per heavy atom. The van der Waals surface area contributed by atoms with Gasteiger partial charge in [-0.3, -0.25) is 0 Å². The molecule has 3 aliphatic rings. The minimum atomic E-state index is 0.462. The summed E-state index contributed by atoms with van der Waals surface area (Å²) >= 11 is 0. The monoisotopic (exact) mass is 434 g/mol. The summed E-state index contributed by atoms with van der Waals surface area (Å²) in [6.45, 7) is 7.26. The molecule has 3 fully saturated rings. The van der Waals surface area contributed by atoms with Crippen molar-refractivity contribution in [2.75, 3.05) is 54.5 Å². The number of ether oxygens (including phenoxy) is 1. The molecule has 1 saturated carbocycles. The highest BCUT2D eigenvalue weighted by molar-refractivity contribution is 5.85. The van der Waals surface area contributed by atoms with Gasteiger partial charge in [-0.05, 0) is 49.7 Å². The fourth-order valence-corrected chi connectivity index (χ4v) is 5.41. The van der Waals surface area contributed by atoms with E-state index in [2.05, 4.69) is 54.1 Å². The third kappa shape index (κ3) is 3.64. The highest BCUT2D eigenvalue weighted by atomic mass is 16.5. The number of aromatic amines is 1. The molecule has 2 N–H and O–H groups in total. The summed E-state index contributed by atoms with van der Waals surface area (Å²) in [5.74, 6) is 2.82. The number of rotatable bonds is 4. The van der Waals surface area contributed by atoms with Crippen LogP contribution in [0.3, 0.4) is 0 Å². The first-order chi connectivity index (χ1) is 15.7. The smallest absolute Gasteiger partial charge is 0.205 e. The van der Waals surface area contributed by atoms with Crippen molar-refractivity contribution in [1.82, 2.24) is 24.9 Å². The van der Waals surface area contributed by atoms with Gasteiger partial charge >= 0.3 is 0 Å². The molecule has 0 aromatic carbocycles. The highest BCUT2D eigenvalue weighted by Gasteiger charge is 2.46. The fourth-order valence-electron chi connectivity index (χ4n) is 5.41. The molecule has 3 aromatic rings. The summed E-state index contributed by atoms with van der Waals surface area (Å²) < 4.78 is 5.49. The molecule has 168 valence electrons. The first-order valence-corrected chi connectivity index (χ1v) is 11.7. The number of fused-ring (bicyclic) bond motifs is 1. The Bertz CT molecular complexity index is 1080. The van der Waals surface area contributed by atoms with Crippen molar-refractivity contribution in [2.24, 2.45) is 5.41 Å². The average Bonchev–Trinajstić information content (AvgIpc) is 3.25. The van der Waals surface area contributed by atoms with Gasteiger partial charge in [-0.2, -0.15) is 0 Å². The molecule has 0 bridgehead atoms. The maximum atomic E-state index is 5.49. The lowest BCUT2D eigenvalue weighted by atomic mass is 9.60. The minimum Gasteiger partial charge on any atom is -0.378 e. The number of nitrogens with zero attached hydrogens (tertiary/aromatic N) is 6. The SMILES string of the molecule is Cc1ccc(NC2CC3(CCN(c4nc5c(N6CCOCC6)ncnc5[nH]4)CC3)C2)nc1. The zero-order chi connectivity index (χ0) is 21.5. The average molecular weight is 435 g/mol. The molecule has 0 unspecified atom stereocenters. The van der Waals surface area contributed by atoms with Gasteiger partial charge in [0.2, 0.25) is 5.95 Å². The van der Waals surface area contributed by atoms with E-state index in [-0.39, 0.29) is 0 Å². The van der Waals surface area contributed by atoms with E-state index in [1.165, 1.54) is 31.2 Å². The van der Waals surface area contributed by atoms with Crippen LogP contribution in [0.4, 0.5) is 17.6 Å². The lowest BCUT2D eigenvalue weighted by Gasteiger charge is -2.52. The standard InChI is InChI=1S/C23H30N8O/c1-16-2-3-18(24-14-16)27-17-12-23(13-17)4-6-31(7-5-23)22-28-19-20(29-22)25-15-26-21(19)30-8-10-32-11-9-30/h2-3,14-15,17H,4-13H2,1H3,(H,24,27)(H,25,26,28,29). The normalized spacial score (nSPS) is 21.2. The number of aryl methyl sites for hydroxylation is 1. The first kappa shape index (κ1) is 19.7. The van der Waals surface area contributed by atoms with Crippen molar-refractivity contribution in [3.63, 3.8) is 0 Å². The van der Waals surface area contributed by atoms with Crippen molar-refractivity contribution < 1.29 is 4.74 Å². The van der Waals surface area contributed by atoms with Gasteiger partial charge in [0.25, 0.3) is 0 Å². The maximum absolute atomic E-state index is 5.49. The number of piperidine rings is 1. The second-order valence-corrected chi connectivity index (χ2v) is 9.51. The van der Waals surface area contributed by atoms with Crippen molar-refractivity contribution in [2.45, 2.75) is 38.6 Å². The number of H-pyrrole nitrogens is 1. The highest BCUT2D eigenvalue weighted by Crippen LogP contribution is 2.50. The summed E-state index contributed by atoms with van der Waals surface area (Å²) in [4.78, 5) is 26.4. The van der Waals surface area contributed by atoms with Gasteiger partial charge in [0.1, 0.15) is 12.1 Å². The molecule has 6 rings (SSSR count). The van der Waals surface area contributed by atoms with Crippen LogP contribution in [-0.2, 0) is 4.74 Å². The van der Waals surface area contributed by atoms with E-state index >= 15 is 0 Å². The van der Waals surface area contributed by atoms with Crippen molar-refractivity contribution in [3.05, 3.63) is 30.2 Å². The number of aromatic nitrogens is 5. The van der Waals surface area contributed by atoms with Crippen LogP contribution >= 0.6 is 0 Å². The van der Waals surface area contributed by atoms with Gasteiger partial charge in [-0.1, -0.05) is 6.07 Å². The predicted octanol–water partition coefficient (Wildman–Crippen LogP) is 2.75. The number of hydrogen-bond donors (Lipinski definition) is 2. The second-order valence-electron chi connectivity index (χ2n) is 9.51. The molecule has 0 atom stereocenters. The zero-order valence-corrected chi connectivity index (χ0v) is 18.5. The number of pyridine rings is 1. The van der Waals surface area contributed by atoms with Gasteiger partial charge < -0.3 is 24.8 Å². The number of anilines is 3. The van der Waals surface area contributed by atoms with Crippen LogP contribution in [-0.4, -0.2) is 70.4 Å². The number of imidazole rings is 1. The topological polar surface area (TPSA) is 95.1 Å². The summed E-state index contributed by atoms with van der Waals surface area (Å²) in [6.07, 6.45) is 8.41. The molecule has 1 spiro atoms. The molecule has 32 heavy (non-hydrogen) atoms. The van der Waals surface area contributed by atoms with E-state index in [0.29, 0.717) is 11.5 Å². The van der Waals surface area contributed by atoms with Crippen LogP contribution in [0.5, 0.6) is 0 Å². The number of nitrogens with one attached hydrogen (secondary N) is 2. The largest absolute Gasteiger partial charge is 0.378 e. The fraction of sp³-hybridized carbons (Fsp3) is 0.565. The maximum Gasteiger partial charge on any atom is 0.205 e. The van der Waals surface area contributed by atoms with Crippen LogP contribution in [0.2, 0.25) is 0 Å². The molecule has 0 radical (unpaired) electrons. The predicted molar refractivity (Wildman–Crippen MR) is 124 cm³/mol. The van der Waals surface area contributed by atoms with Crippen molar-refractivity contribution >= 4 is 28.7 Å². The van der Waals surface area contributed by atoms with Gasteiger partial charge in [0.15, 0.2) is 17.0 Å².